The van der Waals surface area contributed by atoms with E-state index in [1.165, 1.54) is 0 Å². The normalized spacial score (nSPS) is 14.8. The van der Waals surface area contributed by atoms with Crippen LogP contribution in [0.15, 0.2) is 12.2 Å². The highest BCUT2D eigenvalue weighted by molar-refractivity contribution is 6.91. The molecule has 0 aliphatic carbocycles. The van der Waals surface area contributed by atoms with Crippen molar-refractivity contribution in [3.05, 3.63) is 12.2 Å². The highest BCUT2D eigenvalue weighted by Crippen LogP contribution is 2.41. The fraction of sp³-hybridized carbons (Fsp3) is 0.880. The molecule has 0 saturated carbocycles. The van der Waals surface area contributed by atoms with Gasteiger partial charge in [-0.15, -0.1) is 0 Å². The van der Waals surface area contributed by atoms with E-state index in [1.54, 1.807) is 6.92 Å². The maximum atomic E-state index is 12.2. The van der Waals surface area contributed by atoms with E-state index in [-0.39, 0.29) is 5.91 Å². The monoisotopic (exact) mass is 685 g/mol. The maximum absolute atomic E-state index is 12.2. The van der Waals surface area contributed by atoms with Gasteiger partial charge in [0.05, 0.1) is 0 Å². The summed E-state index contributed by atoms with van der Waals surface area (Å²) >= 11 is 0. The van der Waals surface area contributed by atoms with Crippen LogP contribution in [-0.2, 0) is 30.4 Å². The molecule has 0 spiro atoms. The SMILES string of the molecule is C=C(C)C(=O)NCCC[Si](O[Si](C)(C)C)(O[Si](C)(C)C)O[Si](C)(C)C(O[Si](C)(C)C)(O[Si](C)(C)C)O[Si](C)(C)C. The van der Waals surface area contributed by atoms with Crippen molar-refractivity contribution < 1.29 is 30.4 Å². The molecule has 0 bridgehead atoms. The second-order valence-corrected chi connectivity index (χ2v) is 45.7. The average molecular weight is 686 g/mol. The van der Waals surface area contributed by atoms with E-state index in [4.69, 9.17) is 25.6 Å². The van der Waals surface area contributed by atoms with Gasteiger partial charge in [0.15, 0.2) is 41.6 Å². The van der Waals surface area contributed by atoms with Crippen LogP contribution < -0.4 is 5.32 Å². The largest absolute Gasteiger partial charge is 0.469 e. The van der Waals surface area contributed by atoms with Gasteiger partial charge in [-0.05, 0) is 125 Å². The summed E-state index contributed by atoms with van der Waals surface area (Å²) in [6.45, 7) is 42.8. The Morgan fingerprint density at radius 2 is 0.975 bits per heavy atom. The predicted molar refractivity (Wildman–Crippen MR) is 186 cm³/mol. The molecule has 15 heteroatoms. The Morgan fingerprint density at radius 3 is 1.25 bits per heavy atom. The van der Waals surface area contributed by atoms with Crippen LogP contribution in [-0.4, -0.2) is 76.8 Å². The van der Waals surface area contributed by atoms with Crippen LogP contribution in [0.2, 0.25) is 117 Å². The number of amides is 1. The molecule has 0 radical (unpaired) electrons. The van der Waals surface area contributed by atoms with Crippen molar-refractivity contribution in [2.75, 3.05) is 6.54 Å². The van der Waals surface area contributed by atoms with Crippen LogP contribution in [0.5, 0.6) is 0 Å². The molecule has 0 atom stereocenters. The summed E-state index contributed by atoms with van der Waals surface area (Å²) in [5, 5.41) is 2.96. The molecule has 0 aromatic carbocycles. The molecule has 8 nitrogen and oxygen atoms in total. The molecule has 0 saturated heterocycles. The lowest BCUT2D eigenvalue weighted by molar-refractivity contribution is -0.219. The molecule has 238 valence electrons. The van der Waals surface area contributed by atoms with Crippen LogP contribution in [0.4, 0.5) is 0 Å². The Kier molecular flexibility index (Phi) is 14.2. The summed E-state index contributed by atoms with van der Waals surface area (Å²) < 4.78 is 42.4. The first-order chi connectivity index (χ1) is 17.3. The molecule has 0 fully saturated rings. The molecule has 0 heterocycles. The highest BCUT2D eigenvalue weighted by atomic mass is 28.5. The summed E-state index contributed by atoms with van der Waals surface area (Å²) in [5.74, 6) is -0.144. The van der Waals surface area contributed by atoms with Crippen molar-refractivity contribution in [1.82, 2.24) is 5.32 Å². The Balaban J connectivity index is 7.03. The number of hydrogen-bond acceptors (Lipinski definition) is 7. The summed E-state index contributed by atoms with van der Waals surface area (Å²) in [7, 11) is -17.2. The number of nitrogens with one attached hydrogen (secondary N) is 1. The standard InChI is InChI=1S/C25H63NO7Si7/c1-23(2)24(27)26-21-20-22-40(31-37(12,13)14,32-38(15,16)17)33-39(18,19)25(28-34(3,4)5,29-35(6,7)8)30-36(9,10)11/h1,20-22H2,2-19H3,(H,26,27). The summed E-state index contributed by atoms with van der Waals surface area (Å²) in [4.78, 5) is 12.2. The van der Waals surface area contributed by atoms with E-state index in [1.807, 2.05) is 0 Å². The molecule has 40 heavy (non-hydrogen) atoms. The zero-order chi connectivity index (χ0) is 32.2. The molecular formula is C25H63NO7Si7. The third-order valence-corrected chi connectivity index (χ3v) is 21.4. The van der Waals surface area contributed by atoms with Crippen molar-refractivity contribution in [1.29, 1.82) is 0 Å². The molecule has 0 unspecified atom stereocenters. The van der Waals surface area contributed by atoms with Gasteiger partial charge in [0.25, 0.3) is 13.9 Å². The summed E-state index contributed by atoms with van der Waals surface area (Å²) in [6, 6.07) is 0.581. The van der Waals surface area contributed by atoms with Crippen molar-refractivity contribution >= 4 is 64.6 Å². The zero-order valence-corrected chi connectivity index (χ0v) is 36.2. The van der Waals surface area contributed by atoms with Gasteiger partial charge >= 0.3 is 8.80 Å². The first kappa shape index (κ1) is 40.5. The minimum atomic E-state index is -3.32. The van der Waals surface area contributed by atoms with Gasteiger partial charge in [-0.1, -0.05) is 6.58 Å². The minimum absolute atomic E-state index is 0.144. The van der Waals surface area contributed by atoms with E-state index < -0.39 is 64.3 Å². The first-order valence-electron chi connectivity index (χ1n) is 14.5. The molecule has 1 amide bonds. The van der Waals surface area contributed by atoms with Crippen LogP contribution >= 0.6 is 0 Å². The Hall–Kier alpha value is 0.488. The van der Waals surface area contributed by atoms with E-state index in [2.05, 4.69) is 123 Å². The van der Waals surface area contributed by atoms with Crippen LogP contribution in [0.25, 0.3) is 0 Å². The third-order valence-electron chi connectivity index (χ3n) is 4.73. The van der Waals surface area contributed by atoms with Gasteiger partial charge in [0, 0.05) is 18.2 Å². The summed E-state index contributed by atoms with van der Waals surface area (Å²) in [6.07, 6.45) is 0.663. The number of carbonyl (C=O) groups is 1. The van der Waals surface area contributed by atoms with Crippen molar-refractivity contribution in [3.8, 4) is 0 Å². The van der Waals surface area contributed by atoms with Gasteiger partial charge < -0.3 is 30.9 Å². The van der Waals surface area contributed by atoms with Crippen molar-refractivity contribution in [2.45, 2.75) is 136 Å². The summed E-state index contributed by atoms with van der Waals surface area (Å²) in [5.41, 5.74) is -0.796. The molecule has 0 rings (SSSR count). The smallest absolute Gasteiger partial charge is 0.417 e. The zero-order valence-electron chi connectivity index (χ0n) is 29.2. The van der Waals surface area contributed by atoms with Gasteiger partial charge in [0.1, 0.15) is 0 Å². The first-order valence-corrected chi connectivity index (χ1v) is 36.3. The average Bonchev–Trinajstić information content (AvgIpc) is 2.56. The van der Waals surface area contributed by atoms with E-state index in [9.17, 15) is 4.79 Å². The lowest BCUT2D eigenvalue weighted by atomic mass is 10.3. The van der Waals surface area contributed by atoms with Crippen LogP contribution in [0.3, 0.4) is 0 Å². The van der Waals surface area contributed by atoms with Crippen LogP contribution in [0.1, 0.15) is 13.3 Å². The van der Waals surface area contributed by atoms with Gasteiger partial charge in [-0.3, -0.25) is 4.79 Å². The predicted octanol–water partition coefficient (Wildman–Crippen LogP) is 7.68. The van der Waals surface area contributed by atoms with Gasteiger partial charge in [0.2, 0.25) is 5.91 Å². The quantitative estimate of drug-likeness (QED) is 0.0686. The van der Waals surface area contributed by atoms with Gasteiger partial charge in [-0.25, -0.2) is 0 Å². The molecule has 0 aromatic heterocycles. The van der Waals surface area contributed by atoms with Crippen molar-refractivity contribution in [2.24, 2.45) is 0 Å². The number of hydrogen-bond donors (Lipinski definition) is 1. The van der Waals surface area contributed by atoms with Gasteiger partial charge in [-0.2, -0.15) is 0 Å². The lowest BCUT2D eigenvalue weighted by Gasteiger charge is -2.54. The maximum Gasteiger partial charge on any atom is 0.469 e. The van der Waals surface area contributed by atoms with E-state index in [0.29, 0.717) is 24.6 Å². The fourth-order valence-electron chi connectivity index (χ4n) is 3.90. The molecule has 1 N–H and O–H groups in total. The molecule has 0 aromatic rings. The number of carbonyl (C=O) groups excluding carboxylic acids is 1. The molecule has 0 aliphatic rings. The molecular weight excluding hydrogens is 623 g/mol. The van der Waals surface area contributed by atoms with E-state index in [0.717, 1.165) is 0 Å². The second-order valence-electron chi connectivity index (χ2n) is 16.1. The lowest BCUT2D eigenvalue weighted by Crippen LogP contribution is -2.73. The highest BCUT2D eigenvalue weighted by Gasteiger charge is 2.63. The molecule has 0 aliphatic heterocycles. The van der Waals surface area contributed by atoms with Crippen LogP contribution in [0, 0.1) is 0 Å². The topological polar surface area (TPSA) is 84.5 Å². The second kappa shape index (κ2) is 14.1. The fourth-order valence-corrected chi connectivity index (χ4v) is 27.1. The third kappa shape index (κ3) is 16.4. The minimum Gasteiger partial charge on any atom is -0.417 e. The Morgan fingerprint density at radius 1 is 0.625 bits per heavy atom. The Bertz CT molecular complexity index is 795. The number of rotatable bonds is 18. The van der Waals surface area contributed by atoms with Crippen molar-refractivity contribution in [3.63, 3.8) is 0 Å². The Labute approximate surface area is 254 Å². The van der Waals surface area contributed by atoms with E-state index >= 15 is 0 Å².